The molecule has 21 heavy (non-hydrogen) atoms. The van der Waals surface area contributed by atoms with Crippen molar-refractivity contribution in [3.8, 4) is 5.75 Å². The van der Waals surface area contributed by atoms with Crippen LogP contribution in [0, 0.1) is 0 Å². The van der Waals surface area contributed by atoms with Crippen molar-refractivity contribution >= 4 is 11.7 Å². The number of nitrogens with two attached hydrogens (primary N) is 1. The number of carbonyl (C=O) groups excluding carboxylic acids is 1. The van der Waals surface area contributed by atoms with Crippen LogP contribution in [0.5, 0.6) is 5.75 Å². The van der Waals surface area contributed by atoms with Gasteiger partial charge in [0.15, 0.2) is 0 Å². The number of anilines is 1. The first-order valence-corrected chi connectivity index (χ1v) is 7.00. The van der Waals surface area contributed by atoms with E-state index in [1.165, 1.54) is 7.11 Å². The molecule has 0 radical (unpaired) electrons. The third kappa shape index (κ3) is 3.13. The van der Waals surface area contributed by atoms with Gasteiger partial charge in [-0.1, -0.05) is 6.07 Å². The molecule has 0 spiro atoms. The van der Waals surface area contributed by atoms with Crippen molar-refractivity contribution in [3.63, 3.8) is 0 Å². The number of nitrogen functional groups attached to an aromatic ring is 1. The third-order valence-corrected chi connectivity index (χ3v) is 3.71. The Kier molecular flexibility index (Phi) is 3.89. The Morgan fingerprint density at radius 2 is 2.00 bits per heavy atom. The van der Waals surface area contributed by atoms with Crippen LogP contribution in [-0.4, -0.2) is 30.4 Å². The van der Waals surface area contributed by atoms with Gasteiger partial charge in [-0.3, -0.25) is 0 Å². The van der Waals surface area contributed by atoms with Crippen molar-refractivity contribution in [1.29, 1.82) is 0 Å². The second kappa shape index (κ2) is 5.22. The second-order valence-corrected chi connectivity index (χ2v) is 6.49. The number of methoxy groups -OCH3 is 1. The zero-order valence-electron chi connectivity index (χ0n) is 13.2. The predicted octanol–water partition coefficient (Wildman–Crippen LogP) is 2.78. The van der Waals surface area contributed by atoms with Gasteiger partial charge in [-0.25, -0.2) is 4.79 Å². The van der Waals surface area contributed by atoms with Crippen molar-refractivity contribution < 1.29 is 19.0 Å². The molecule has 1 aromatic carbocycles. The first-order chi connectivity index (χ1) is 9.66. The largest absolute Gasteiger partial charge is 0.486 e. The second-order valence-electron chi connectivity index (χ2n) is 6.49. The summed E-state index contributed by atoms with van der Waals surface area (Å²) in [5.41, 5.74) is 5.78. The zero-order chi connectivity index (χ0) is 15.8. The molecule has 1 atom stereocenters. The Bertz CT molecular complexity index is 551. The van der Waals surface area contributed by atoms with E-state index in [0.717, 1.165) is 6.42 Å². The van der Waals surface area contributed by atoms with E-state index in [1.807, 2.05) is 27.7 Å². The summed E-state index contributed by atoms with van der Waals surface area (Å²) in [6.07, 6.45) is 0.563. The van der Waals surface area contributed by atoms with Gasteiger partial charge in [0.1, 0.15) is 23.0 Å². The van der Waals surface area contributed by atoms with E-state index >= 15 is 0 Å². The van der Waals surface area contributed by atoms with Crippen molar-refractivity contribution in [2.45, 2.75) is 51.4 Å². The van der Waals surface area contributed by atoms with Crippen LogP contribution in [0.3, 0.4) is 0 Å². The van der Waals surface area contributed by atoms with Gasteiger partial charge < -0.3 is 19.9 Å². The molecule has 2 rings (SSSR count). The highest BCUT2D eigenvalue weighted by atomic mass is 16.6. The van der Waals surface area contributed by atoms with Gasteiger partial charge in [-0.2, -0.15) is 0 Å². The summed E-state index contributed by atoms with van der Waals surface area (Å²) in [6, 6.07) is 5.13. The van der Waals surface area contributed by atoms with Crippen LogP contribution in [-0.2, 0) is 9.47 Å². The molecule has 1 heterocycles. The molecular weight excluding hydrogens is 270 g/mol. The van der Waals surface area contributed by atoms with E-state index in [0.29, 0.717) is 11.4 Å². The molecule has 0 amide bonds. The Labute approximate surface area is 125 Å². The Hall–Kier alpha value is -1.75. The number of hydrogen-bond acceptors (Lipinski definition) is 5. The summed E-state index contributed by atoms with van der Waals surface area (Å²) < 4.78 is 16.8. The Morgan fingerprint density at radius 3 is 2.52 bits per heavy atom. The van der Waals surface area contributed by atoms with Gasteiger partial charge in [0.25, 0.3) is 0 Å². The summed E-state index contributed by atoms with van der Waals surface area (Å²) in [5.74, 6) is -0.0692. The molecule has 1 saturated heterocycles. The van der Waals surface area contributed by atoms with Crippen molar-refractivity contribution in [1.82, 2.24) is 0 Å². The maximum atomic E-state index is 11.9. The average molecular weight is 293 g/mol. The molecule has 1 unspecified atom stereocenters. The smallest absolute Gasteiger partial charge is 0.343 e. The number of ether oxygens (including phenoxy) is 3. The quantitative estimate of drug-likeness (QED) is 0.685. The van der Waals surface area contributed by atoms with Crippen molar-refractivity contribution in [2.75, 3.05) is 12.8 Å². The molecule has 5 nitrogen and oxygen atoms in total. The van der Waals surface area contributed by atoms with Gasteiger partial charge in [-0.05, 0) is 39.8 Å². The summed E-state index contributed by atoms with van der Waals surface area (Å²) in [6.45, 7) is 8.02. The predicted molar refractivity (Wildman–Crippen MR) is 80.5 cm³/mol. The molecule has 0 saturated carbocycles. The van der Waals surface area contributed by atoms with Gasteiger partial charge in [0.05, 0.1) is 12.7 Å². The zero-order valence-corrected chi connectivity index (χ0v) is 13.2. The molecule has 1 aromatic rings. The summed E-state index contributed by atoms with van der Waals surface area (Å²) in [5, 5.41) is 0. The van der Waals surface area contributed by atoms with Crippen LogP contribution in [0.15, 0.2) is 18.2 Å². The number of benzene rings is 1. The monoisotopic (exact) mass is 293 g/mol. The van der Waals surface area contributed by atoms with Gasteiger partial charge in [0, 0.05) is 12.1 Å². The third-order valence-electron chi connectivity index (χ3n) is 3.71. The minimum absolute atomic E-state index is 0.169. The standard InChI is InChI=1S/C16H23NO4/c1-15(2)9-12(16(3,4)21-15)20-11-8-6-7-10(17)13(11)14(18)19-5/h6-8,12H,9,17H2,1-5H3. The molecular formula is C16H23NO4. The van der Waals surface area contributed by atoms with E-state index in [9.17, 15) is 4.79 Å². The van der Waals surface area contributed by atoms with Crippen LogP contribution in [0.25, 0.3) is 0 Å². The summed E-state index contributed by atoms with van der Waals surface area (Å²) >= 11 is 0. The lowest BCUT2D eigenvalue weighted by molar-refractivity contribution is -0.0846. The van der Waals surface area contributed by atoms with Crippen LogP contribution >= 0.6 is 0 Å². The molecule has 1 aliphatic heterocycles. The molecule has 116 valence electrons. The van der Waals surface area contributed by atoms with Gasteiger partial charge >= 0.3 is 5.97 Å². The lowest BCUT2D eigenvalue weighted by atomic mass is 9.97. The minimum atomic E-state index is -0.501. The highest BCUT2D eigenvalue weighted by molar-refractivity contribution is 5.98. The van der Waals surface area contributed by atoms with Gasteiger partial charge in [0.2, 0.25) is 0 Å². The van der Waals surface area contributed by atoms with Crippen LogP contribution in [0.4, 0.5) is 5.69 Å². The molecule has 0 aliphatic carbocycles. The van der Waals surface area contributed by atoms with E-state index in [-0.39, 0.29) is 17.3 Å². The normalized spacial score (nSPS) is 22.8. The van der Waals surface area contributed by atoms with E-state index in [2.05, 4.69) is 0 Å². The fraction of sp³-hybridized carbons (Fsp3) is 0.562. The fourth-order valence-electron chi connectivity index (χ4n) is 2.82. The number of rotatable bonds is 3. The maximum Gasteiger partial charge on any atom is 0.343 e. The number of hydrogen-bond donors (Lipinski definition) is 1. The molecule has 2 N–H and O–H groups in total. The number of esters is 1. The first-order valence-electron chi connectivity index (χ1n) is 7.00. The summed E-state index contributed by atoms with van der Waals surface area (Å²) in [7, 11) is 1.32. The lowest BCUT2D eigenvalue weighted by Gasteiger charge is -2.28. The molecule has 5 heteroatoms. The summed E-state index contributed by atoms with van der Waals surface area (Å²) in [4.78, 5) is 11.9. The Morgan fingerprint density at radius 1 is 1.33 bits per heavy atom. The highest BCUT2D eigenvalue weighted by Crippen LogP contribution is 2.40. The fourth-order valence-corrected chi connectivity index (χ4v) is 2.82. The highest BCUT2D eigenvalue weighted by Gasteiger charge is 2.47. The molecule has 1 aliphatic rings. The molecule has 0 aromatic heterocycles. The van der Waals surface area contributed by atoms with E-state index in [4.69, 9.17) is 19.9 Å². The van der Waals surface area contributed by atoms with Crippen molar-refractivity contribution in [3.05, 3.63) is 23.8 Å². The maximum absolute atomic E-state index is 11.9. The number of carbonyl (C=O) groups is 1. The van der Waals surface area contributed by atoms with Gasteiger partial charge in [-0.15, -0.1) is 0 Å². The average Bonchev–Trinajstić information content (AvgIpc) is 2.56. The lowest BCUT2D eigenvalue weighted by Crippen LogP contribution is -2.37. The van der Waals surface area contributed by atoms with Crippen LogP contribution in [0.1, 0.15) is 44.5 Å². The molecule has 1 fully saturated rings. The first kappa shape index (κ1) is 15.6. The Balaban J connectivity index is 2.32. The molecule has 0 bridgehead atoms. The SMILES string of the molecule is COC(=O)c1c(N)cccc1OC1CC(C)(C)OC1(C)C. The van der Waals surface area contributed by atoms with Crippen LogP contribution in [0.2, 0.25) is 0 Å². The van der Waals surface area contributed by atoms with E-state index in [1.54, 1.807) is 18.2 Å². The topological polar surface area (TPSA) is 70.8 Å². The van der Waals surface area contributed by atoms with E-state index < -0.39 is 11.6 Å². The van der Waals surface area contributed by atoms with Crippen molar-refractivity contribution in [2.24, 2.45) is 0 Å². The van der Waals surface area contributed by atoms with Crippen LogP contribution < -0.4 is 10.5 Å². The minimum Gasteiger partial charge on any atom is -0.486 e.